The fraction of sp³-hybridized carbons (Fsp3) is 0.250. The van der Waals surface area contributed by atoms with Gasteiger partial charge >= 0.3 is 0 Å². The SMILES string of the molecule is Cc1ccc(NCc2cc(Cl)c3c(c2)OCCO3)cc1Cl. The van der Waals surface area contributed by atoms with Crippen LogP contribution < -0.4 is 14.8 Å². The summed E-state index contributed by atoms with van der Waals surface area (Å²) >= 11 is 12.3. The van der Waals surface area contributed by atoms with Gasteiger partial charge in [-0.05, 0) is 42.3 Å². The molecule has 1 aliphatic heterocycles. The average molecular weight is 324 g/mol. The van der Waals surface area contributed by atoms with Crippen LogP contribution in [0.2, 0.25) is 10.0 Å². The van der Waals surface area contributed by atoms with E-state index < -0.39 is 0 Å². The summed E-state index contributed by atoms with van der Waals surface area (Å²) in [5.41, 5.74) is 3.06. The molecule has 1 aliphatic rings. The molecule has 2 aromatic carbocycles. The van der Waals surface area contributed by atoms with Crippen molar-refractivity contribution in [2.75, 3.05) is 18.5 Å². The van der Waals surface area contributed by atoms with Crippen molar-refractivity contribution in [2.45, 2.75) is 13.5 Å². The molecule has 0 bridgehead atoms. The number of halogens is 2. The van der Waals surface area contributed by atoms with Gasteiger partial charge in [0.05, 0.1) is 5.02 Å². The lowest BCUT2D eigenvalue weighted by Crippen LogP contribution is -2.16. The molecule has 2 aromatic rings. The van der Waals surface area contributed by atoms with Crippen molar-refractivity contribution in [3.8, 4) is 11.5 Å². The molecule has 110 valence electrons. The van der Waals surface area contributed by atoms with E-state index in [1.807, 2.05) is 37.3 Å². The van der Waals surface area contributed by atoms with Gasteiger partial charge in [-0.2, -0.15) is 0 Å². The minimum Gasteiger partial charge on any atom is -0.486 e. The predicted octanol–water partition coefficient (Wildman–Crippen LogP) is 4.69. The fourth-order valence-corrected chi connectivity index (χ4v) is 2.64. The van der Waals surface area contributed by atoms with Crippen molar-refractivity contribution < 1.29 is 9.47 Å². The van der Waals surface area contributed by atoms with E-state index in [0.29, 0.717) is 36.3 Å². The molecule has 0 aromatic heterocycles. The van der Waals surface area contributed by atoms with Crippen molar-refractivity contribution in [3.05, 3.63) is 51.5 Å². The summed E-state index contributed by atoms with van der Waals surface area (Å²) in [6.07, 6.45) is 0. The van der Waals surface area contributed by atoms with E-state index in [4.69, 9.17) is 32.7 Å². The zero-order chi connectivity index (χ0) is 14.8. The van der Waals surface area contributed by atoms with Gasteiger partial charge < -0.3 is 14.8 Å². The molecule has 0 saturated heterocycles. The van der Waals surface area contributed by atoms with Gasteiger partial charge in [0.15, 0.2) is 11.5 Å². The van der Waals surface area contributed by atoms with E-state index in [0.717, 1.165) is 21.8 Å². The molecular weight excluding hydrogens is 309 g/mol. The van der Waals surface area contributed by atoms with Crippen molar-refractivity contribution in [1.82, 2.24) is 0 Å². The van der Waals surface area contributed by atoms with Gasteiger partial charge in [0.25, 0.3) is 0 Å². The Labute approximate surface area is 133 Å². The molecule has 3 nitrogen and oxygen atoms in total. The number of ether oxygens (including phenoxy) is 2. The number of nitrogens with one attached hydrogen (secondary N) is 1. The van der Waals surface area contributed by atoms with Crippen LogP contribution in [0.4, 0.5) is 5.69 Å². The second kappa shape index (κ2) is 6.04. The third-order valence-corrected chi connectivity index (χ3v) is 4.01. The molecule has 0 atom stereocenters. The molecule has 0 spiro atoms. The first-order chi connectivity index (χ1) is 10.1. The number of hydrogen-bond acceptors (Lipinski definition) is 3. The highest BCUT2D eigenvalue weighted by molar-refractivity contribution is 6.32. The van der Waals surface area contributed by atoms with Crippen LogP contribution in [-0.2, 0) is 6.54 Å². The lowest BCUT2D eigenvalue weighted by molar-refractivity contribution is 0.171. The first kappa shape index (κ1) is 14.4. The first-order valence-corrected chi connectivity index (χ1v) is 7.47. The number of benzene rings is 2. The summed E-state index contributed by atoms with van der Waals surface area (Å²) in [6.45, 7) is 3.70. The molecule has 1 heterocycles. The monoisotopic (exact) mass is 323 g/mol. The molecule has 0 unspecified atom stereocenters. The Morgan fingerprint density at radius 3 is 2.67 bits per heavy atom. The molecule has 21 heavy (non-hydrogen) atoms. The third-order valence-electron chi connectivity index (χ3n) is 3.33. The molecule has 5 heteroatoms. The quantitative estimate of drug-likeness (QED) is 0.889. The number of fused-ring (bicyclic) bond motifs is 1. The van der Waals surface area contributed by atoms with Gasteiger partial charge in [-0.1, -0.05) is 29.3 Å². The molecule has 0 aliphatic carbocycles. The number of rotatable bonds is 3. The van der Waals surface area contributed by atoms with Crippen molar-refractivity contribution in [2.24, 2.45) is 0 Å². The van der Waals surface area contributed by atoms with Crippen LogP contribution in [0.25, 0.3) is 0 Å². The van der Waals surface area contributed by atoms with Gasteiger partial charge in [0, 0.05) is 17.3 Å². The van der Waals surface area contributed by atoms with E-state index in [2.05, 4.69) is 5.32 Å². The van der Waals surface area contributed by atoms with Crippen LogP contribution in [0.15, 0.2) is 30.3 Å². The van der Waals surface area contributed by atoms with Crippen LogP contribution in [-0.4, -0.2) is 13.2 Å². The van der Waals surface area contributed by atoms with E-state index in [1.165, 1.54) is 0 Å². The Balaban J connectivity index is 1.76. The van der Waals surface area contributed by atoms with Gasteiger partial charge in [0.2, 0.25) is 0 Å². The Kier molecular flexibility index (Phi) is 4.13. The highest BCUT2D eigenvalue weighted by Crippen LogP contribution is 2.38. The second-order valence-corrected chi connectivity index (χ2v) is 5.73. The van der Waals surface area contributed by atoms with E-state index >= 15 is 0 Å². The van der Waals surface area contributed by atoms with Crippen molar-refractivity contribution >= 4 is 28.9 Å². The maximum Gasteiger partial charge on any atom is 0.179 e. The average Bonchev–Trinajstić information content (AvgIpc) is 2.49. The smallest absolute Gasteiger partial charge is 0.179 e. The van der Waals surface area contributed by atoms with E-state index in [9.17, 15) is 0 Å². The van der Waals surface area contributed by atoms with Crippen LogP contribution in [0.3, 0.4) is 0 Å². The van der Waals surface area contributed by atoms with Crippen LogP contribution in [0.5, 0.6) is 11.5 Å². The molecule has 3 rings (SSSR count). The summed E-state index contributed by atoms with van der Waals surface area (Å²) in [6, 6.07) is 9.74. The molecular formula is C16H15Cl2NO2. The summed E-state index contributed by atoms with van der Waals surface area (Å²) in [5.74, 6) is 1.33. The third kappa shape index (κ3) is 3.20. The zero-order valence-corrected chi connectivity index (χ0v) is 13.1. The minimum absolute atomic E-state index is 0.534. The molecule has 1 N–H and O–H groups in total. The lowest BCUT2D eigenvalue weighted by atomic mass is 10.1. The number of hydrogen-bond donors (Lipinski definition) is 1. The Morgan fingerprint density at radius 2 is 1.86 bits per heavy atom. The number of anilines is 1. The highest BCUT2D eigenvalue weighted by Gasteiger charge is 2.16. The number of aryl methyl sites for hydroxylation is 1. The van der Waals surface area contributed by atoms with Gasteiger partial charge in [-0.3, -0.25) is 0 Å². The van der Waals surface area contributed by atoms with Crippen LogP contribution in [0.1, 0.15) is 11.1 Å². The summed E-state index contributed by atoms with van der Waals surface area (Å²) < 4.78 is 11.1. The van der Waals surface area contributed by atoms with Gasteiger partial charge in [0.1, 0.15) is 13.2 Å². The summed E-state index contributed by atoms with van der Waals surface area (Å²) in [7, 11) is 0. The van der Waals surface area contributed by atoms with E-state index in [1.54, 1.807) is 0 Å². The molecule has 0 fully saturated rings. The maximum absolute atomic E-state index is 6.22. The van der Waals surface area contributed by atoms with Crippen molar-refractivity contribution in [1.29, 1.82) is 0 Å². The standard InChI is InChI=1S/C16H15Cl2NO2/c1-10-2-3-12(8-13(10)17)19-9-11-6-14(18)16-15(7-11)20-4-5-21-16/h2-3,6-8,19H,4-5,9H2,1H3. The topological polar surface area (TPSA) is 30.5 Å². The highest BCUT2D eigenvalue weighted by atomic mass is 35.5. The molecule has 0 amide bonds. The van der Waals surface area contributed by atoms with E-state index in [-0.39, 0.29) is 0 Å². The maximum atomic E-state index is 6.22. The summed E-state index contributed by atoms with van der Waals surface area (Å²) in [5, 5.41) is 4.65. The largest absolute Gasteiger partial charge is 0.486 e. The first-order valence-electron chi connectivity index (χ1n) is 6.71. The Morgan fingerprint density at radius 1 is 1.05 bits per heavy atom. The van der Waals surface area contributed by atoms with Gasteiger partial charge in [-0.15, -0.1) is 0 Å². The van der Waals surface area contributed by atoms with Crippen LogP contribution >= 0.6 is 23.2 Å². The normalized spacial score (nSPS) is 13.1. The molecule has 0 saturated carbocycles. The minimum atomic E-state index is 0.534. The van der Waals surface area contributed by atoms with Crippen molar-refractivity contribution in [3.63, 3.8) is 0 Å². The summed E-state index contributed by atoms with van der Waals surface area (Å²) in [4.78, 5) is 0. The predicted molar refractivity (Wildman–Crippen MR) is 86.0 cm³/mol. The lowest BCUT2D eigenvalue weighted by Gasteiger charge is -2.20. The van der Waals surface area contributed by atoms with Crippen LogP contribution in [0, 0.1) is 6.92 Å². The molecule has 0 radical (unpaired) electrons. The second-order valence-electron chi connectivity index (χ2n) is 4.92. The zero-order valence-electron chi connectivity index (χ0n) is 11.6. The van der Waals surface area contributed by atoms with Gasteiger partial charge in [-0.25, -0.2) is 0 Å². The fourth-order valence-electron chi connectivity index (χ4n) is 2.17. The Hall–Kier alpha value is -1.58. The Bertz CT molecular complexity index is 674.